The van der Waals surface area contributed by atoms with Crippen LogP contribution in [0.5, 0.6) is 0 Å². The molecule has 2 aromatic rings. The largest absolute Gasteiger partial charge is 0.379 e. The van der Waals surface area contributed by atoms with Gasteiger partial charge in [0, 0.05) is 54.4 Å². The summed E-state index contributed by atoms with van der Waals surface area (Å²) in [5, 5.41) is 1.96. The predicted octanol–water partition coefficient (Wildman–Crippen LogP) is 3.48. The quantitative estimate of drug-likeness (QED) is 0.681. The van der Waals surface area contributed by atoms with Gasteiger partial charge in [0.2, 0.25) is 5.91 Å². The number of fused-ring (bicyclic) bond motifs is 1. The summed E-state index contributed by atoms with van der Waals surface area (Å²) in [6, 6.07) is 3.38. The third-order valence-corrected chi connectivity index (χ3v) is 7.36. The van der Waals surface area contributed by atoms with E-state index < -0.39 is 0 Å². The highest BCUT2D eigenvalue weighted by atomic mass is 35.5. The molecular weight excluding hydrogens is 457 g/mol. The maximum Gasteiger partial charge on any atom is 0.265 e. The van der Waals surface area contributed by atoms with Gasteiger partial charge >= 0.3 is 0 Å². The first-order valence-corrected chi connectivity index (χ1v) is 11.3. The average Bonchev–Trinajstić information content (AvgIpc) is 3.04. The number of carbonyl (C=O) groups is 2. The van der Waals surface area contributed by atoms with E-state index in [1.807, 2.05) is 4.90 Å². The van der Waals surface area contributed by atoms with Crippen molar-refractivity contribution < 1.29 is 14.3 Å². The Morgan fingerprint density at radius 3 is 2.31 bits per heavy atom. The molecule has 6 nitrogen and oxygen atoms in total. The third-order valence-electron chi connectivity index (χ3n) is 5.23. The number of nitrogens with zero attached hydrogens (tertiary/aromatic N) is 3. The standard InChI is InChI=1S/C19H20Cl3N3O3S/c20-12-9-13(21)16-14(10-12)29-18(17(16)22)19(27)25-3-1-24(2-4-25)15(26)11-23-5-7-28-8-6-23/h9-10H,1-8,11H2. The molecule has 4 rings (SSSR count). The van der Waals surface area contributed by atoms with Gasteiger partial charge in [0.15, 0.2) is 0 Å². The van der Waals surface area contributed by atoms with Crippen molar-refractivity contribution in [1.29, 1.82) is 0 Å². The van der Waals surface area contributed by atoms with Crippen molar-refractivity contribution in [2.75, 3.05) is 59.0 Å². The van der Waals surface area contributed by atoms with Crippen molar-refractivity contribution >= 4 is 68.0 Å². The van der Waals surface area contributed by atoms with Crippen LogP contribution in [-0.4, -0.2) is 85.5 Å². The molecule has 2 aliphatic rings. The molecule has 0 spiro atoms. The van der Waals surface area contributed by atoms with E-state index in [9.17, 15) is 9.59 Å². The van der Waals surface area contributed by atoms with Gasteiger partial charge in [-0.15, -0.1) is 11.3 Å². The molecule has 0 atom stereocenters. The van der Waals surface area contributed by atoms with Crippen molar-refractivity contribution in [3.05, 3.63) is 32.1 Å². The van der Waals surface area contributed by atoms with Crippen LogP contribution in [0.2, 0.25) is 15.1 Å². The van der Waals surface area contributed by atoms with Gasteiger partial charge in [-0.25, -0.2) is 0 Å². The lowest BCUT2D eigenvalue weighted by atomic mass is 10.2. The van der Waals surface area contributed by atoms with Crippen molar-refractivity contribution in [3.8, 4) is 0 Å². The zero-order valence-corrected chi connectivity index (χ0v) is 18.7. The number of rotatable bonds is 3. The van der Waals surface area contributed by atoms with Crippen LogP contribution in [-0.2, 0) is 9.53 Å². The van der Waals surface area contributed by atoms with Crippen LogP contribution in [0.25, 0.3) is 10.1 Å². The van der Waals surface area contributed by atoms with Crippen LogP contribution in [0.4, 0.5) is 0 Å². The first kappa shape index (κ1) is 21.2. The van der Waals surface area contributed by atoms with Crippen LogP contribution >= 0.6 is 46.1 Å². The Balaban J connectivity index is 1.40. The van der Waals surface area contributed by atoms with Crippen LogP contribution in [0.3, 0.4) is 0 Å². The van der Waals surface area contributed by atoms with Crippen molar-refractivity contribution in [2.24, 2.45) is 0 Å². The molecule has 0 radical (unpaired) electrons. The number of amides is 2. The Bertz CT molecular complexity index is 938. The van der Waals surface area contributed by atoms with Crippen LogP contribution in [0.1, 0.15) is 9.67 Å². The summed E-state index contributed by atoms with van der Waals surface area (Å²) >= 11 is 20.1. The van der Waals surface area contributed by atoms with Gasteiger partial charge in [0.25, 0.3) is 5.91 Å². The lowest BCUT2D eigenvalue weighted by molar-refractivity contribution is -0.134. The molecule has 0 unspecified atom stereocenters. The number of carbonyl (C=O) groups excluding carboxylic acids is 2. The van der Waals surface area contributed by atoms with E-state index in [1.54, 1.807) is 17.0 Å². The number of ether oxygens (including phenoxy) is 1. The minimum Gasteiger partial charge on any atom is -0.379 e. The molecule has 1 aromatic carbocycles. The van der Waals surface area contributed by atoms with Gasteiger partial charge < -0.3 is 14.5 Å². The topological polar surface area (TPSA) is 53.1 Å². The minimum atomic E-state index is -0.135. The van der Waals surface area contributed by atoms with Gasteiger partial charge in [0.1, 0.15) is 4.88 Å². The highest BCUT2D eigenvalue weighted by molar-refractivity contribution is 7.21. The summed E-state index contributed by atoms with van der Waals surface area (Å²) in [4.78, 5) is 31.7. The fourth-order valence-corrected chi connectivity index (χ4v) is 5.94. The molecule has 1 aromatic heterocycles. The number of hydrogen-bond donors (Lipinski definition) is 0. The van der Waals surface area contributed by atoms with Crippen molar-refractivity contribution in [3.63, 3.8) is 0 Å². The smallest absolute Gasteiger partial charge is 0.265 e. The molecule has 3 heterocycles. The SMILES string of the molecule is O=C(CN1CCOCC1)N1CCN(C(=O)c2sc3cc(Cl)cc(Cl)c3c2Cl)CC1. The Labute approximate surface area is 187 Å². The highest BCUT2D eigenvalue weighted by Gasteiger charge is 2.29. The maximum absolute atomic E-state index is 13.0. The van der Waals surface area contributed by atoms with E-state index in [0.717, 1.165) is 17.8 Å². The molecule has 2 saturated heterocycles. The minimum absolute atomic E-state index is 0.0975. The number of thiophene rings is 1. The molecular formula is C19H20Cl3N3O3S. The highest BCUT2D eigenvalue weighted by Crippen LogP contribution is 2.41. The van der Waals surface area contributed by atoms with Gasteiger partial charge in [-0.05, 0) is 12.1 Å². The normalized spacial score (nSPS) is 18.4. The summed E-state index contributed by atoms with van der Waals surface area (Å²) in [5.74, 6) is -0.0380. The fourth-order valence-electron chi connectivity index (χ4n) is 3.60. The van der Waals surface area contributed by atoms with Crippen LogP contribution in [0.15, 0.2) is 12.1 Å². The van der Waals surface area contributed by atoms with E-state index in [2.05, 4.69) is 4.90 Å². The molecule has 156 valence electrons. The lowest BCUT2D eigenvalue weighted by Gasteiger charge is -2.36. The molecule has 0 N–H and O–H groups in total. The van der Waals surface area contributed by atoms with Crippen LogP contribution < -0.4 is 0 Å². The van der Waals surface area contributed by atoms with Gasteiger partial charge in [-0.2, -0.15) is 0 Å². The maximum atomic E-state index is 13.0. The van der Waals surface area contributed by atoms with E-state index >= 15 is 0 Å². The van der Waals surface area contributed by atoms with E-state index in [1.165, 1.54) is 11.3 Å². The number of halogens is 3. The molecule has 0 bridgehead atoms. The summed E-state index contributed by atoms with van der Waals surface area (Å²) in [6.45, 7) is 5.29. The fraction of sp³-hybridized carbons (Fsp3) is 0.474. The van der Waals surface area contributed by atoms with Crippen LogP contribution in [0, 0.1) is 0 Å². The molecule has 2 aliphatic heterocycles. The Morgan fingerprint density at radius 2 is 1.62 bits per heavy atom. The monoisotopic (exact) mass is 475 g/mol. The second-order valence-corrected chi connectivity index (χ2v) is 9.34. The van der Waals surface area contributed by atoms with Crippen molar-refractivity contribution in [2.45, 2.75) is 0 Å². The summed E-state index contributed by atoms with van der Waals surface area (Å²) in [5.41, 5.74) is 0. The van der Waals surface area contributed by atoms with Gasteiger partial charge in [-0.1, -0.05) is 34.8 Å². The number of hydrogen-bond acceptors (Lipinski definition) is 5. The second kappa shape index (κ2) is 8.96. The Morgan fingerprint density at radius 1 is 0.966 bits per heavy atom. The second-order valence-electron chi connectivity index (χ2n) is 7.07. The third kappa shape index (κ3) is 4.50. The van der Waals surface area contributed by atoms with Gasteiger partial charge in [0.05, 0.1) is 29.8 Å². The Kier molecular flexibility index (Phi) is 6.53. The average molecular weight is 477 g/mol. The molecule has 0 saturated carbocycles. The predicted molar refractivity (Wildman–Crippen MR) is 117 cm³/mol. The molecule has 2 amide bonds. The summed E-state index contributed by atoms with van der Waals surface area (Å²) in [7, 11) is 0. The summed E-state index contributed by atoms with van der Waals surface area (Å²) in [6.07, 6.45) is 0. The zero-order chi connectivity index (χ0) is 20.5. The molecule has 10 heteroatoms. The molecule has 0 aliphatic carbocycles. The zero-order valence-electron chi connectivity index (χ0n) is 15.6. The number of benzene rings is 1. The summed E-state index contributed by atoms with van der Waals surface area (Å²) < 4.78 is 6.11. The lowest BCUT2D eigenvalue weighted by Crippen LogP contribution is -2.53. The van der Waals surface area contributed by atoms with E-state index in [0.29, 0.717) is 71.3 Å². The van der Waals surface area contributed by atoms with E-state index in [-0.39, 0.29) is 11.8 Å². The van der Waals surface area contributed by atoms with Gasteiger partial charge in [-0.3, -0.25) is 14.5 Å². The Hall–Kier alpha value is -1.09. The first-order chi connectivity index (χ1) is 13.9. The van der Waals surface area contributed by atoms with E-state index in [4.69, 9.17) is 39.5 Å². The first-order valence-electron chi connectivity index (χ1n) is 9.38. The molecule has 29 heavy (non-hydrogen) atoms. The number of morpholine rings is 1. The van der Waals surface area contributed by atoms with Crippen molar-refractivity contribution in [1.82, 2.24) is 14.7 Å². The number of piperazine rings is 1. The molecule has 2 fully saturated rings.